The van der Waals surface area contributed by atoms with Gasteiger partial charge in [0.1, 0.15) is 6.61 Å². The standard InChI is InChI=1S/C27H24N2O3/c1-19-8-3-5-12-23(19)27(30)29-28-17-20-14-15-25(26(16-20)31-2)32-18-22-11-7-10-21-9-4-6-13-24(21)22/h3-17H,18H2,1-2H3,(H,29,30). The first-order chi connectivity index (χ1) is 15.7. The second-order valence-electron chi connectivity index (χ2n) is 7.35. The van der Waals surface area contributed by atoms with Crippen molar-refractivity contribution < 1.29 is 14.3 Å². The highest BCUT2D eigenvalue weighted by Gasteiger charge is 2.09. The van der Waals surface area contributed by atoms with Gasteiger partial charge in [-0.3, -0.25) is 4.79 Å². The molecule has 1 N–H and O–H groups in total. The molecule has 4 rings (SSSR count). The number of aryl methyl sites for hydroxylation is 1. The van der Waals surface area contributed by atoms with Gasteiger partial charge >= 0.3 is 0 Å². The van der Waals surface area contributed by atoms with Crippen molar-refractivity contribution in [1.82, 2.24) is 5.43 Å². The third-order valence-electron chi connectivity index (χ3n) is 5.22. The molecule has 5 nitrogen and oxygen atoms in total. The van der Waals surface area contributed by atoms with E-state index in [0.717, 1.165) is 16.7 Å². The van der Waals surface area contributed by atoms with Crippen LogP contribution < -0.4 is 14.9 Å². The minimum absolute atomic E-state index is 0.249. The van der Waals surface area contributed by atoms with Crippen LogP contribution in [0.2, 0.25) is 0 Å². The quantitative estimate of drug-likeness (QED) is 0.315. The van der Waals surface area contributed by atoms with Crippen LogP contribution in [0, 0.1) is 6.92 Å². The molecule has 0 aliphatic rings. The van der Waals surface area contributed by atoms with Gasteiger partial charge in [-0.05, 0) is 58.7 Å². The van der Waals surface area contributed by atoms with Crippen LogP contribution in [0.3, 0.4) is 0 Å². The highest BCUT2D eigenvalue weighted by atomic mass is 16.5. The smallest absolute Gasteiger partial charge is 0.271 e. The molecule has 0 saturated carbocycles. The molecule has 160 valence electrons. The first-order valence-electron chi connectivity index (χ1n) is 10.3. The molecule has 4 aromatic rings. The second-order valence-corrected chi connectivity index (χ2v) is 7.35. The molecule has 5 heteroatoms. The lowest BCUT2D eigenvalue weighted by Crippen LogP contribution is -2.18. The number of amides is 1. The lowest BCUT2D eigenvalue weighted by molar-refractivity contribution is 0.0954. The number of hydrazone groups is 1. The molecule has 0 radical (unpaired) electrons. The van der Waals surface area contributed by atoms with Gasteiger partial charge in [0.2, 0.25) is 0 Å². The maximum atomic E-state index is 12.3. The molecule has 1 amide bonds. The minimum atomic E-state index is -0.249. The number of hydrogen-bond acceptors (Lipinski definition) is 4. The van der Waals surface area contributed by atoms with E-state index in [-0.39, 0.29) is 5.91 Å². The van der Waals surface area contributed by atoms with Crippen LogP contribution in [-0.2, 0) is 6.61 Å². The van der Waals surface area contributed by atoms with Gasteiger partial charge in [0, 0.05) is 5.56 Å². The zero-order chi connectivity index (χ0) is 22.3. The van der Waals surface area contributed by atoms with Crippen LogP contribution in [-0.4, -0.2) is 19.2 Å². The molecule has 0 aliphatic heterocycles. The molecule has 0 fully saturated rings. The number of rotatable bonds is 7. The molecule has 0 aromatic heterocycles. The summed E-state index contributed by atoms with van der Waals surface area (Å²) < 4.78 is 11.6. The molecule has 32 heavy (non-hydrogen) atoms. The summed E-state index contributed by atoms with van der Waals surface area (Å²) in [5.41, 5.74) is 5.94. The lowest BCUT2D eigenvalue weighted by Gasteiger charge is -2.12. The molecule has 0 aliphatic carbocycles. The van der Waals surface area contributed by atoms with Gasteiger partial charge in [-0.25, -0.2) is 5.43 Å². The van der Waals surface area contributed by atoms with Crippen molar-refractivity contribution in [2.45, 2.75) is 13.5 Å². The Hall–Kier alpha value is -4.12. The van der Waals surface area contributed by atoms with Gasteiger partial charge in [0.25, 0.3) is 5.91 Å². The molecule has 0 spiro atoms. The van der Waals surface area contributed by atoms with E-state index in [0.29, 0.717) is 23.7 Å². The normalized spacial score (nSPS) is 10.9. The van der Waals surface area contributed by atoms with E-state index in [4.69, 9.17) is 9.47 Å². The summed E-state index contributed by atoms with van der Waals surface area (Å²) in [5.74, 6) is 0.988. The third kappa shape index (κ3) is 4.78. The molecule has 0 unspecified atom stereocenters. The first kappa shape index (κ1) is 21.1. The van der Waals surface area contributed by atoms with Crippen molar-refractivity contribution in [3.63, 3.8) is 0 Å². The van der Waals surface area contributed by atoms with Crippen LogP contribution in [0.25, 0.3) is 10.8 Å². The Labute approximate surface area is 187 Å². The molecule has 0 saturated heterocycles. The fourth-order valence-electron chi connectivity index (χ4n) is 3.51. The first-order valence-corrected chi connectivity index (χ1v) is 10.3. The highest BCUT2D eigenvalue weighted by molar-refractivity contribution is 5.96. The summed E-state index contributed by atoms with van der Waals surface area (Å²) in [5, 5.41) is 6.42. The van der Waals surface area contributed by atoms with Crippen molar-refractivity contribution in [2.75, 3.05) is 7.11 Å². The molecule has 4 aromatic carbocycles. The van der Waals surface area contributed by atoms with Gasteiger partial charge in [-0.1, -0.05) is 60.7 Å². The fraction of sp³-hybridized carbons (Fsp3) is 0.111. The van der Waals surface area contributed by atoms with Crippen LogP contribution in [0.4, 0.5) is 0 Å². The largest absolute Gasteiger partial charge is 0.493 e. The number of carbonyl (C=O) groups excluding carboxylic acids is 1. The van der Waals surface area contributed by atoms with Gasteiger partial charge in [-0.15, -0.1) is 0 Å². The highest BCUT2D eigenvalue weighted by Crippen LogP contribution is 2.29. The molecular weight excluding hydrogens is 400 g/mol. The Kier molecular flexibility index (Phi) is 6.46. The molecule has 0 heterocycles. The number of benzene rings is 4. The second kappa shape index (κ2) is 9.79. The zero-order valence-corrected chi connectivity index (χ0v) is 18.0. The van der Waals surface area contributed by atoms with Crippen molar-refractivity contribution >= 4 is 22.9 Å². The van der Waals surface area contributed by atoms with Crippen molar-refractivity contribution in [3.05, 3.63) is 107 Å². The molecular formula is C27H24N2O3. The van der Waals surface area contributed by atoms with E-state index in [2.05, 4.69) is 34.8 Å². The van der Waals surface area contributed by atoms with E-state index in [1.54, 1.807) is 19.4 Å². The van der Waals surface area contributed by atoms with Crippen LogP contribution in [0.5, 0.6) is 11.5 Å². The maximum absolute atomic E-state index is 12.3. The summed E-state index contributed by atoms with van der Waals surface area (Å²) in [7, 11) is 1.60. The van der Waals surface area contributed by atoms with Gasteiger partial charge in [0.05, 0.1) is 13.3 Å². The van der Waals surface area contributed by atoms with Crippen molar-refractivity contribution in [2.24, 2.45) is 5.10 Å². The molecule has 0 atom stereocenters. The van der Waals surface area contributed by atoms with Gasteiger partial charge < -0.3 is 9.47 Å². The average Bonchev–Trinajstić information content (AvgIpc) is 2.83. The number of carbonyl (C=O) groups is 1. The summed E-state index contributed by atoms with van der Waals surface area (Å²) in [4.78, 5) is 12.3. The van der Waals surface area contributed by atoms with Crippen LogP contribution in [0.15, 0.2) is 90.0 Å². The monoisotopic (exact) mass is 424 g/mol. The number of methoxy groups -OCH3 is 1. The SMILES string of the molecule is COc1cc(C=NNC(=O)c2ccccc2C)ccc1OCc1cccc2ccccc12. The van der Waals surface area contributed by atoms with Gasteiger partial charge in [-0.2, -0.15) is 5.10 Å². The minimum Gasteiger partial charge on any atom is -0.493 e. The number of fused-ring (bicyclic) bond motifs is 1. The maximum Gasteiger partial charge on any atom is 0.271 e. The predicted molar refractivity (Wildman–Crippen MR) is 128 cm³/mol. The van der Waals surface area contributed by atoms with Crippen LogP contribution in [0.1, 0.15) is 27.0 Å². The topological polar surface area (TPSA) is 59.9 Å². The van der Waals surface area contributed by atoms with Crippen molar-refractivity contribution in [3.8, 4) is 11.5 Å². The Morgan fingerprint density at radius 1 is 0.938 bits per heavy atom. The van der Waals surface area contributed by atoms with E-state index in [1.807, 2.05) is 61.5 Å². The Bertz CT molecular complexity index is 1280. The Balaban J connectivity index is 1.44. The number of ether oxygens (including phenoxy) is 2. The van der Waals surface area contributed by atoms with E-state index >= 15 is 0 Å². The summed E-state index contributed by atoms with van der Waals surface area (Å²) >= 11 is 0. The number of nitrogens with zero attached hydrogens (tertiary/aromatic N) is 1. The Morgan fingerprint density at radius 3 is 2.56 bits per heavy atom. The van der Waals surface area contributed by atoms with Crippen molar-refractivity contribution in [1.29, 1.82) is 0 Å². The molecule has 0 bridgehead atoms. The lowest BCUT2D eigenvalue weighted by atomic mass is 10.1. The summed E-state index contributed by atoms with van der Waals surface area (Å²) in [6.07, 6.45) is 1.58. The average molecular weight is 425 g/mol. The van der Waals surface area contributed by atoms with E-state index < -0.39 is 0 Å². The Morgan fingerprint density at radius 2 is 1.72 bits per heavy atom. The zero-order valence-electron chi connectivity index (χ0n) is 18.0. The van der Waals surface area contributed by atoms with E-state index in [1.165, 1.54) is 10.8 Å². The van der Waals surface area contributed by atoms with Crippen LogP contribution >= 0.6 is 0 Å². The number of nitrogens with one attached hydrogen (secondary N) is 1. The predicted octanol–water partition coefficient (Wildman–Crippen LogP) is 5.50. The summed E-state index contributed by atoms with van der Waals surface area (Å²) in [6.45, 7) is 2.32. The van der Waals surface area contributed by atoms with Gasteiger partial charge in [0.15, 0.2) is 11.5 Å². The summed E-state index contributed by atoms with van der Waals surface area (Å²) in [6, 6.07) is 27.3. The third-order valence-corrected chi connectivity index (χ3v) is 5.22. The number of hydrogen-bond donors (Lipinski definition) is 1. The fourth-order valence-corrected chi connectivity index (χ4v) is 3.51. The van der Waals surface area contributed by atoms with E-state index in [9.17, 15) is 4.79 Å².